The van der Waals surface area contributed by atoms with Gasteiger partial charge in [0.05, 0.1) is 13.0 Å². The Bertz CT molecular complexity index is 761. The van der Waals surface area contributed by atoms with E-state index in [-0.39, 0.29) is 24.8 Å². The van der Waals surface area contributed by atoms with Crippen LogP contribution in [0, 0.1) is 0 Å². The van der Waals surface area contributed by atoms with Gasteiger partial charge in [0.2, 0.25) is 5.91 Å². The van der Waals surface area contributed by atoms with Gasteiger partial charge in [-0.05, 0) is 47.6 Å². The first-order valence-electron chi connectivity index (χ1n) is 8.93. The van der Waals surface area contributed by atoms with Crippen LogP contribution >= 0.6 is 0 Å². The molecule has 1 saturated heterocycles. The second kappa shape index (κ2) is 8.15. The van der Waals surface area contributed by atoms with E-state index in [2.05, 4.69) is 12.1 Å². The van der Waals surface area contributed by atoms with Crippen LogP contribution in [0.1, 0.15) is 45.8 Å². The molecule has 0 unspecified atom stereocenters. The van der Waals surface area contributed by atoms with Crippen molar-refractivity contribution in [3.8, 4) is 0 Å². The lowest BCUT2D eigenvalue weighted by molar-refractivity contribution is -0.117. The number of piperidine rings is 1. The molecular weight excluding hydrogens is 328 g/mol. The van der Waals surface area contributed by atoms with Gasteiger partial charge in [-0.3, -0.25) is 9.59 Å². The highest BCUT2D eigenvalue weighted by atomic mass is 16.3. The van der Waals surface area contributed by atoms with Crippen LogP contribution in [0.15, 0.2) is 48.5 Å². The molecule has 3 N–H and O–H groups in total. The average Bonchev–Trinajstić information content (AvgIpc) is 2.68. The zero-order chi connectivity index (χ0) is 18.5. The van der Waals surface area contributed by atoms with Gasteiger partial charge in [-0.25, -0.2) is 0 Å². The summed E-state index contributed by atoms with van der Waals surface area (Å²) < 4.78 is 0. The van der Waals surface area contributed by atoms with Crippen LogP contribution in [0.4, 0.5) is 0 Å². The number of carbonyl (C=O) groups is 2. The third-order valence-electron chi connectivity index (χ3n) is 5.00. The molecular formula is C21H24N2O3. The molecule has 1 aliphatic heterocycles. The zero-order valence-electron chi connectivity index (χ0n) is 14.7. The lowest BCUT2D eigenvalue weighted by Gasteiger charge is -2.32. The van der Waals surface area contributed by atoms with Crippen LogP contribution in [0.5, 0.6) is 0 Å². The fourth-order valence-corrected chi connectivity index (χ4v) is 3.46. The van der Waals surface area contributed by atoms with Gasteiger partial charge in [-0.2, -0.15) is 0 Å². The van der Waals surface area contributed by atoms with Crippen LogP contribution < -0.4 is 5.73 Å². The number of likely N-dealkylation sites (tertiary alicyclic amines) is 1. The Morgan fingerprint density at radius 3 is 2.08 bits per heavy atom. The largest absolute Gasteiger partial charge is 0.392 e. The number of aliphatic hydroxyl groups is 1. The minimum Gasteiger partial charge on any atom is -0.392 e. The van der Waals surface area contributed by atoms with Crippen molar-refractivity contribution in [1.29, 1.82) is 0 Å². The number of hydrogen-bond acceptors (Lipinski definition) is 3. The summed E-state index contributed by atoms with van der Waals surface area (Å²) in [7, 11) is 0. The molecule has 0 spiro atoms. The number of rotatable bonds is 5. The first-order chi connectivity index (χ1) is 12.6. The summed E-state index contributed by atoms with van der Waals surface area (Å²) >= 11 is 0. The normalized spacial score (nSPS) is 15.0. The lowest BCUT2D eigenvalue weighted by atomic mass is 9.89. The molecule has 26 heavy (non-hydrogen) atoms. The minimum atomic E-state index is -0.377. The summed E-state index contributed by atoms with van der Waals surface area (Å²) in [5.41, 5.74) is 8.84. The molecule has 0 aromatic heterocycles. The number of aliphatic hydroxyl groups excluding tert-OH is 1. The van der Waals surface area contributed by atoms with Gasteiger partial charge in [0.25, 0.3) is 5.91 Å². The van der Waals surface area contributed by atoms with Crippen molar-refractivity contribution in [3.05, 3.63) is 70.8 Å². The van der Waals surface area contributed by atoms with E-state index in [0.717, 1.165) is 37.1 Å². The Hall–Kier alpha value is -2.66. The summed E-state index contributed by atoms with van der Waals surface area (Å²) in [5.74, 6) is 0.104. The van der Waals surface area contributed by atoms with Gasteiger partial charge in [0, 0.05) is 18.7 Å². The van der Waals surface area contributed by atoms with Crippen molar-refractivity contribution in [2.24, 2.45) is 5.73 Å². The molecule has 0 aliphatic carbocycles. The van der Waals surface area contributed by atoms with E-state index in [9.17, 15) is 9.59 Å². The van der Waals surface area contributed by atoms with E-state index in [1.807, 2.05) is 17.0 Å². The number of hydrogen-bond donors (Lipinski definition) is 2. The topological polar surface area (TPSA) is 83.6 Å². The van der Waals surface area contributed by atoms with Gasteiger partial charge in [0.15, 0.2) is 0 Å². The molecule has 0 atom stereocenters. The number of benzene rings is 2. The van der Waals surface area contributed by atoms with E-state index in [4.69, 9.17) is 10.8 Å². The molecule has 0 bridgehead atoms. The zero-order valence-corrected chi connectivity index (χ0v) is 14.7. The number of primary amides is 1. The highest BCUT2D eigenvalue weighted by Gasteiger charge is 2.24. The highest BCUT2D eigenvalue weighted by Crippen LogP contribution is 2.29. The lowest BCUT2D eigenvalue weighted by Crippen LogP contribution is -2.37. The van der Waals surface area contributed by atoms with Crippen LogP contribution in [0.2, 0.25) is 0 Å². The fourth-order valence-electron chi connectivity index (χ4n) is 3.46. The van der Waals surface area contributed by atoms with Crippen molar-refractivity contribution < 1.29 is 14.7 Å². The summed E-state index contributed by atoms with van der Waals surface area (Å²) in [6.07, 6.45) is 2.06. The van der Waals surface area contributed by atoms with E-state index in [1.165, 1.54) is 5.56 Å². The molecule has 5 nitrogen and oxygen atoms in total. The van der Waals surface area contributed by atoms with Crippen molar-refractivity contribution in [2.75, 3.05) is 13.1 Å². The third-order valence-corrected chi connectivity index (χ3v) is 5.00. The van der Waals surface area contributed by atoms with E-state index in [0.29, 0.717) is 11.5 Å². The van der Waals surface area contributed by atoms with Crippen LogP contribution in [0.3, 0.4) is 0 Å². The molecule has 3 rings (SSSR count). The molecule has 2 amide bonds. The summed E-state index contributed by atoms with van der Waals surface area (Å²) in [5, 5.41) is 9.14. The van der Waals surface area contributed by atoms with Crippen molar-refractivity contribution >= 4 is 11.8 Å². The van der Waals surface area contributed by atoms with Gasteiger partial charge in [-0.1, -0.05) is 36.4 Å². The Labute approximate surface area is 153 Å². The molecule has 5 heteroatoms. The highest BCUT2D eigenvalue weighted by molar-refractivity contribution is 5.94. The smallest absolute Gasteiger partial charge is 0.253 e. The number of nitrogens with zero attached hydrogens (tertiary/aromatic N) is 1. The Morgan fingerprint density at radius 2 is 1.54 bits per heavy atom. The third kappa shape index (κ3) is 4.29. The molecule has 0 saturated carbocycles. The molecule has 136 valence electrons. The maximum Gasteiger partial charge on any atom is 0.253 e. The molecule has 1 aliphatic rings. The average molecular weight is 352 g/mol. The van der Waals surface area contributed by atoms with E-state index in [1.54, 1.807) is 24.3 Å². The maximum atomic E-state index is 12.7. The predicted octanol–water partition coefficient (Wildman–Crippen LogP) is 2.23. The summed E-state index contributed by atoms with van der Waals surface area (Å²) in [6.45, 7) is 1.52. The second-order valence-electron chi connectivity index (χ2n) is 6.81. The number of nitrogens with two attached hydrogens (primary N) is 1. The van der Waals surface area contributed by atoms with Crippen molar-refractivity contribution in [3.63, 3.8) is 0 Å². The summed E-state index contributed by atoms with van der Waals surface area (Å²) in [6, 6.07) is 15.2. The molecule has 2 aromatic carbocycles. The van der Waals surface area contributed by atoms with Crippen LogP contribution in [-0.4, -0.2) is 34.9 Å². The molecule has 1 heterocycles. The fraction of sp³-hybridized carbons (Fsp3) is 0.333. The minimum absolute atomic E-state index is 0.0321. The Balaban J connectivity index is 1.58. The van der Waals surface area contributed by atoms with Gasteiger partial charge in [0.1, 0.15) is 0 Å². The monoisotopic (exact) mass is 352 g/mol. The Kier molecular flexibility index (Phi) is 5.68. The molecule has 2 aromatic rings. The second-order valence-corrected chi connectivity index (χ2v) is 6.81. The SMILES string of the molecule is NC(=O)Cc1ccc(C(=O)N2CCC(c3ccc(CO)cc3)CC2)cc1. The maximum absolute atomic E-state index is 12.7. The molecule has 0 radical (unpaired) electrons. The van der Waals surface area contributed by atoms with Crippen molar-refractivity contribution in [2.45, 2.75) is 31.8 Å². The Morgan fingerprint density at radius 1 is 0.962 bits per heavy atom. The van der Waals surface area contributed by atoms with Gasteiger partial charge < -0.3 is 15.7 Å². The van der Waals surface area contributed by atoms with E-state index < -0.39 is 0 Å². The molecule has 1 fully saturated rings. The van der Waals surface area contributed by atoms with E-state index >= 15 is 0 Å². The van der Waals surface area contributed by atoms with Gasteiger partial charge >= 0.3 is 0 Å². The number of carbonyl (C=O) groups excluding carboxylic acids is 2. The standard InChI is InChI=1S/C21H24N2O3/c22-20(25)13-15-1-7-19(8-2-15)21(26)23-11-9-18(10-12-23)17-5-3-16(14-24)4-6-17/h1-8,18,24H,9-14H2,(H2,22,25). The quantitative estimate of drug-likeness (QED) is 0.865. The first-order valence-corrected chi connectivity index (χ1v) is 8.93. The first kappa shape index (κ1) is 18.1. The number of amides is 2. The van der Waals surface area contributed by atoms with Gasteiger partial charge in [-0.15, -0.1) is 0 Å². The van der Waals surface area contributed by atoms with Crippen LogP contribution in [0.25, 0.3) is 0 Å². The van der Waals surface area contributed by atoms with Crippen molar-refractivity contribution in [1.82, 2.24) is 4.90 Å². The predicted molar refractivity (Wildman–Crippen MR) is 99.6 cm³/mol. The summed E-state index contributed by atoms with van der Waals surface area (Å²) in [4.78, 5) is 25.5. The van der Waals surface area contributed by atoms with Crippen LogP contribution in [-0.2, 0) is 17.8 Å².